The highest BCUT2D eigenvalue weighted by molar-refractivity contribution is 5.31. The van der Waals surface area contributed by atoms with Crippen LogP contribution in [0.15, 0.2) is 12.4 Å². The Kier molecular flexibility index (Phi) is 3.39. The van der Waals surface area contributed by atoms with Gasteiger partial charge in [0.05, 0.1) is 18.5 Å². The topological polar surface area (TPSA) is 38.2 Å². The maximum absolute atomic E-state index is 12.9. The summed E-state index contributed by atoms with van der Waals surface area (Å²) in [5, 5.41) is 0. The van der Waals surface area contributed by atoms with Crippen LogP contribution in [0.4, 0.5) is 10.3 Å². The Morgan fingerprint density at radius 3 is 2.79 bits per heavy atom. The van der Waals surface area contributed by atoms with Crippen LogP contribution in [-0.2, 0) is 4.74 Å². The number of hydrogen-bond donors (Lipinski definition) is 0. The zero-order valence-corrected chi connectivity index (χ0v) is 11.3. The minimum absolute atomic E-state index is 0.241. The lowest BCUT2D eigenvalue weighted by Gasteiger charge is -2.43. The van der Waals surface area contributed by atoms with Crippen LogP contribution in [0.2, 0.25) is 0 Å². The highest BCUT2D eigenvalue weighted by Gasteiger charge is 2.46. The smallest absolute Gasteiger partial charge is 0.225 e. The fourth-order valence-electron chi connectivity index (χ4n) is 3.74. The number of nitrogens with zero attached hydrogens (tertiary/aromatic N) is 3. The number of piperidine rings is 1. The van der Waals surface area contributed by atoms with Crippen LogP contribution in [-0.4, -0.2) is 36.3 Å². The highest BCUT2D eigenvalue weighted by atomic mass is 19.1. The van der Waals surface area contributed by atoms with Gasteiger partial charge < -0.3 is 9.64 Å². The Labute approximate surface area is 113 Å². The molecule has 1 spiro atoms. The first-order chi connectivity index (χ1) is 9.23. The average molecular weight is 265 g/mol. The van der Waals surface area contributed by atoms with Gasteiger partial charge in [-0.25, -0.2) is 14.4 Å². The SMILES string of the molecule is CO[C@@H]1CCC[C@]12CCCN(c1ncc(F)cn1)C2. The molecule has 0 amide bonds. The number of methoxy groups -OCH3 is 1. The van der Waals surface area contributed by atoms with Crippen molar-refractivity contribution < 1.29 is 9.13 Å². The minimum atomic E-state index is -0.383. The van der Waals surface area contributed by atoms with Crippen molar-refractivity contribution in [2.75, 3.05) is 25.1 Å². The summed E-state index contributed by atoms with van der Waals surface area (Å²) in [6, 6.07) is 0. The van der Waals surface area contributed by atoms with E-state index in [9.17, 15) is 4.39 Å². The quantitative estimate of drug-likeness (QED) is 0.823. The molecule has 2 fully saturated rings. The van der Waals surface area contributed by atoms with E-state index in [2.05, 4.69) is 14.9 Å². The zero-order chi connectivity index (χ0) is 13.3. The third-order valence-corrected chi connectivity index (χ3v) is 4.61. The molecule has 2 aliphatic rings. The van der Waals surface area contributed by atoms with E-state index in [1.807, 2.05) is 7.11 Å². The summed E-state index contributed by atoms with van der Waals surface area (Å²) in [6.45, 7) is 1.88. The summed E-state index contributed by atoms with van der Waals surface area (Å²) < 4.78 is 18.6. The van der Waals surface area contributed by atoms with E-state index in [1.54, 1.807) is 0 Å². The number of rotatable bonds is 2. The van der Waals surface area contributed by atoms with Gasteiger partial charge >= 0.3 is 0 Å². The van der Waals surface area contributed by atoms with Crippen molar-refractivity contribution in [2.45, 2.75) is 38.2 Å². The molecule has 104 valence electrons. The molecule has 5 heteroatoms. The molecular weight excluding hydrogens is 245 g/mol. The van der Waals surface area contributed by atoms with Gasteiger partial charge in [0.15, 0.2) is 5.82 Å². The Morgan fingerprint density at radius 2 is 2.05 bits per heavy atom. The monoisotopic (exact) mass is 265 g/mol. The molecule has 4 nitrogen and oxygen atoms in total. The molecule has 0 aromatic carbocycles. The second kappa shape index (κ2) is 5.04. The molecule has 0 bridgehead atoms. The average Bonchev–Trinajstić information content (AvgIpc) is 2.82. The standard InChI is InChI=1S/C14H20FN3O/c1-19-12-4-2-5-14(12)6-3-7-18(10-14)13-16-8-11(15)9-17-13/h8-9,12H,2-7,10H2,1H3/t12-,14-/m1/s1. The van der Waals surface area contributed by atoms with Crippen LogP contribution in [0.1, 0.15) is 32.1 Å². The fourth-order valence-corrected chi connectivity index (χ4v) is 3.74. The van der Waals surface area contributed by atoms with E-state index in [1.165, 1.54) is 31.7 Å². The molecule has 2 heterocycles. The van der Waals surface area contributed by atoms with E-state index >= 15 is 0 Å². The van der Waals surface area contributed by atoms with Crippen LogP contribution in [0.25, 0.3) is 0 Å². The third-order valence-electron chi connectivity index (χ3n) is 4.61. The van der Waals surface area contributed by atoms with Crippen LogP contribution in [0, 0.1) is 11.2 Å². The lowest BCUT2D eigenvalue weighted by atomic mass is 9.76. The lowest BCUT2D eigenvalue weighted by Crippen LogP contribution is -2.48. The van der Waals surface area contributed by atoms with Crippen molar-refractivity contribution in [3.05, 3.63) is 18.2 Å². The Balaban J connectivity index is 1.79. The van der Waals surface area contributed by atoms with Gasteiger partial charge in [-0.2, -0.15) is 0 Å². The Morgan fingerprint density at radius 1 is 1.32 bits per heavy atom. The predicted molar refractivity (Wildman–Crippen MR) is 70.5 cm³/mol. The van der Waals surface area contributed by atoms with Crippen molar-refractivity contribution in [1.29, 1.82) is 0 Å². The molecule has 0 radical (unpaired) electrons. The number of ether oxygens (including phenoxy) is 1. The number of halogens is 1. The summed E-state index contributed by atoms with van der Waals surface area (Å²) in [5.41, 5.74) is 0.241. The van der Waals surface area contributed by atoms with E-state index in [0.29, 0.717) is 12.1 Å². The van der Waals surface area contributed by atoms with E-state index in [4.69, 9.17) is 4.74 Å². The molecule has 1 aromatic rings. The zero-order valence-electron chi connectivity index (χ0n) is 11.3. The van der Waals surface area contributed by atoms with Crippen LogP contribution in [0.5, 0.6) is 0 Å². The molecule has 1 aromatic heterocycles. The van der Waals surface area contributed by atoms with Crippen LogP contribution < -0.4 is 4.90 Å². The third kappa shape index (κ3) is 2.31. The van der Waals surface area contributed by atoms with Gasteiger partial charge in [0, 0.05) is 25.6 Å². The lowest BCUT2D eigenvalue weighted by molar-refractivity contribution is 0.00203. The maximum atomic E-state index is 12.9. The van der Waals surface area contributed by atoms with Gasteiger partial charge in [0.1, 0.15) is 0 Å². The maximum Gasteiger partial charge on any atom is 0.225 e. The van der Waals surface area contributed by atoms with Gasteiger partial charge in [0.2, 0.25) is 5.95 Å². The Hall–Kier alpha value is -1.23. The first-order valence-electron chi connectivity index (χ1n) is 6.99. The van der Waals surface area contributed by atoms with Crippen molar-refractivity contribution in [1.82, 2.24) is 9.97 Å². The van der Waals surface area contributed by atoms with Crippen molar-refractivity contribution in [3.8, 4) is 0 Å². The molecule has 1 saturated heterocycles. The molecule has 1 saturated carbocycles. The summed E-state index contributed by atoms with van der Waals surface area (Å²) in [7, 11) is 1.81. The molecule has 3 rings (SSSR count). The molecule has 0 N–H and O–H groups in total. The van der Waals surface area contributed by atoms with Gasteiger partial charge in [-0.3, -0.25) is 0 Å². The molecule has 2 atom stereocenters. The van der Waals surface area contributed by atoms with E-state index in [-0.39, 0.29) is 11.2 Å². The van der Waals surface area contributed by atoms with Crippen molar-refractivity contribution in [2.24, 2.45) is 5.41 Å². The normalized spacial score (nSPS) is 31.1. The van der Waals surface area contributed by atoms with Gasteiger partial charge in [-0.05, 0) is 25.7 Å². The molecule has 1 aliphatic heterocycles. The first kappa shape index (κ1) is 12.8. The van der Waals surface area contributed by atoms with Gasteiger partial charge in [-0.1, -0.05) is 6.42 Å². The number of hydrogen-bond acceptors (Lipinski definition) is 4. The summed E-state index contributed by atoms with van der Waals surface area (Å²) in [5.74, 6) is 0.258. The highest BCUT2D eigenvalue weighted by Crippen LogP contribution is 2.46. The van der Waals surface area contributed by atoms with Gasteiger partial charge in [-0.15, -0.1) is 0 Å². The van der Waals surface area contributed by atoms with Crippen molar-refractivity contribution in [3.63, 3.8) is 0 Å². The minimum Gasteiger partial charge on any atom is -0.381 e. The molecule has 0 unspecified atom stereocenters. The number of aromatic nitrogens is 2. The second-order valence-electron chi connectivity index (χ2n) is 5.71. The predicted octanol–water partition coefficient (Wildman–Crippen LogP) is 2.40. The number of anilines is 1. The van der Waals surface area contributed by atoms with E-state index in [0.717, 1.165) is 25.9 Å². The van der Waals surface area contributed by atoms with E-state index < -0.39 is 0 Å². The molecular formula is C14H20FN3O. The second-order valence-corrected chi connectivity index (χ2v) is 5.71. The molecule has 1 aliphatic carbocycles. The first-order valence-corrected chi connectivity index (χ1v) is 6.99. The van der Waals surface area contributed by atoms with Crippen molar-refractivity contribution >= 4 is 5.95 Å². The fraction of sp³-hybridized carbons (Fsp3) is 0.714. The van der Waals surface area contributed by atoms with Crippen LogP contribution in [0.3, 0.4) is 0 Å². The van der Waals surface area contributed by atoms with Gasteiger partial charge in [0.25, 0.3) is 0 Å². The summed E-state index contributed by atoms with van der Waals surface area (Å²) in [6.07, 6.45) is 8.76. The Bertz CT molecular complexity index is 439. The summed E-state index contributed by atoms with van der Waals surface area (Å²) in [4.78, 5) is 10.4. The van der Waals surface area contributed by atoms with Crippen LogP contribution >= 0.6 is 0 Å². The largest absolute Gasteiger partial charge is 0.381 e. The summed E-state index contributed by atoms with van der Waals surface area (Å²) >= 11 is 0. The molecule has 19 heavy (non-hydrogen) atoms.